The van der Waals surface area contributed by atoms with Gasteiger partial charge in [-0.2, -0.15) is 0 Å². The van der Waals surface area contributed by atoms with Crippen LogP contribution in [0.4, 0.5) is 0 Å². The predicted molar refractivity (Wildman–Crippen MR) is 87.1 cm³/mol. The number of esters is 1. The summed E-state index contributed by atoms with van der Waals surface area (Å²) in [7, 11) is 0. The van der Waals surface area contributed by atoms with Crippen LogP contribution in [0.25, 0.3) is 10.8 Å². The van der Waals surface area contributed by atoms with Crippen molar-refractivity contribution in [3.63, 3.8) is 0 Å². The van der Waals surface area contributed by atoms with E-state index in [1.807, 2.05) is 32.0 Å². The Morgan fingerprint density at radius 1 is 1.00 bits per heavy atom. The van der Waals surface area contributed by atoms with Crippen LogP contribution in [0.1, 0.15) is 46.3 Å². The molecular formula is C19H24O2. The number of carbonyl (C=O) groups is 1. The highest BCUT2D eigenvalue weighted by molar-refractivity contribution is 5.86. The van der Waals surface area contributed by atoms with E-state index in [9.17, 15) is 4.79 Å². The topological polar surface area (TPSA) is 26.3 Å². The molecule has 2 rings (SSSR count). The van der Waals surface area contributed by atoms with Gasteiger partial charge in [0.2, 0.25) is 0 Å². The maximum atomic E-state index is 12.1. The first-order chi connectivity index (χ1) is 9.80. The van der Waals surface area contributed by atoms with Crippen molar-refractivity contribution in [3.05, 3.63) is 48.0 Å². The molecule has 0 aliphatic heterocycles. The molecule has 2 aromatic carbocycles. The number of benzene rings is 2. The Morgan fingerprint density at radius 2 is 1.62 bits per heavy atom. The molecule has 0 aliphatic carbocycles. The summed E-state index contributed by atoms with van der Waals surface area (Å²) in [6.45, 7) is 10.0. The lowest BCUT2D eigenvalue weighted by atomic mass is 9.82. The molecule has 0 fully saturated rings. The van der Waals surface area contributed by atoms with Crippen molar-refractivity contribution in [2.45, 2.75) is 40.7 Å². The van der Waals surface area contributed by atoms with Crippen molar-refractivity contribution in [2.75, 3.05) is 0 Å². The molecule has 0 saturated carbocycles. The summed E-state index contributed by atoms with van der Waals surface area (Å²) in [5.74, 6) is -0.271. The van der Waals surface area contributed by atoms with Gasteiger partial charge in [0.05, 0.1) is 5.92 Å². The van der Waals surface area contributed by atoms with Gasteiger partial charge in [-0.05, 0) is 10.8 Å². The molecule has 0 aromatic heterocycles. The Balaban J connectivity index is 2.52. The summed E-state index contributed by atoms with van der Waals surface area (Å²) >= 11 is 0. The first kappa shape index (κ1) is 15.6. The fourth-order valence-corrected chi connectivity index (χ4v) is 2.44. The van der Waals surface area contributed by atoms with Gasteiger partial charge in [-0.15, -0.1) is 0 Å². The molecule has 2 aromatic rings. The second-order valence-electron chi connectivity index (χ2n) is 6.91. The Morgan fingerprint density at radius 3 is 2.24 bits per heavy atom. The number of carbonyl (C=O) groups excluding carboxylic acids is 1. The van der Waals surface area contributed by atoms with Crippen LogP contribution in [0.3, 0.4) is 0 Å². The summed E-state index contributed by atoms with van der Waals surface area (Å²) in [6, 6.07) is 14.4. The van der Waals surface area contributed by atoms with Crippen molar-refractivity contribution in [2.24, 2.45) is 11.3 Å². The molecule has 0 N–H and O–H groups in total. The minimum atomic E-state index is -0.251. The van der Waals surface area contributed by atoms with Gasteiger partial charge in [-0.25, -0.2) is 0 Å². The van der Waals surface area contributed by atoms with Crippen molar-refractivity contribution in [1.29, 1.82) is 0 Å². The number of hydrogen-bond donors (Lipinski definition) is 0. The van der Waals surface area contributed by atoms with E-state index >= 15 is 0 Å². The molecule has 112 valence electrons. The zero-order valence-electron chi connectivity index (χ0n) is 13.5. The number of ether oxygens (including phenoxy) is 1. The molecule has 0 amide bonds. The third kappa shape index (κ3) is 3.44. The van der Waals surface area contributed by atoms with Crippen LogP contribution < -0.4 is 0 Å². The third-order valence-corrected chi connectivity index (χ3v) is 3.60. The molecule has 0 heterocycles. The molecule has 2 nitrogen and oxygen atoms in total. The second-order valence-corrected chi connectivity index (χ2v) is 6.91. The van der Waals surface area contributed by atoms with Gasteiger partial charge >= 0.3 is 5.97 Å². The lowest BCUT2D eigenvalue weighted by Gasteiger charge is -2.32. The zero-order chi connectivity index (χ0) is 15.6. The third-order valence-electron chi connectivity index (χ3n) is 3.60. The standard InChI is InChI=1S/C19H24O2/c1-13(2)18(20)21-17(19(3,4)5)16-12-8-10-14-9-6-7-11-15(14)16/h6-13,17H,1-5H3/t17-/m0/s1. The quantitative estimate of drug-likeness (QED) is 0.731. The Kier molecular flexibility index (Phi) is 4.36. The fraction of sp³-hybridized carbons (Fsp3) is 0.421. The summed E-state index contributed by atoms with van der Waals surface area (Å²) < 4.78 is 5.83. The van der Waals surface area contributed by atoms with Crippen LogP contribution in [0, 0.1) is 11.3 Å². The molecule has 0 saturated heterocycles. The van der Waals surface area contributed by atoms with E-state index in [2.05, 4.69) is 45.0 Å². The molecule has 0 radical (unpaired) electrons. The van der Waals surface area contributed by atoms with Crippen molar-refractivity contribution < 1.29 is 9.53 Å². The van der Waals surface area contributed by atoms with E-state index in [1.54, 1.807) is 0 Å². The first-order valence-corrected chi connectivity index (χ1v) is 7.49. The van der Waals surface area contributed by atoms with E-state index in [0.29, 0.717) is 0 Å². The van der Waals surface area contributed by atoms with E-state index in [0.717, 1.165) is 10.9 Å². The summed E-state index contributed by atoms with van der Waals surface area (Å²) in [5.41, 5.74) is 0.920. The lowest BCUT2D eigenvalue weighted by molar-refractivity contribution is -0.159. The van der Waals surface area contributed by atoms with Crippen molar-refractivity contribution >= 4 is 16.7 Å². The van der Waals surface area contributed by atoms with Gasteiger partial charge in [-0.3, -0.25) is 4.79 Å². The average Bonchev–Trinajstić information content (AvgIpc) is 2.42. The van der Waals surface area contributed by atoms with Crippen molar-refractivity contribution in [3.8, 4) is 0 Å². The molecule has 0 bridgehead atoms. The van der Waals surface area contributed by atoms with Crippen LogP contribution in [0.5, 0.6) is 0 Å². The first-order valence-electron chi connectivity index (χ1n) is 7.49. The summed E-state index contributed by atoms with van der Waals surface area (Å²) in [6.07, 6.45) is -0.251. The van der Waals surface area contributed by atoms with Crippen LogP contribution in [-0.2, 0) is 9.53 Å². The summed E-state index contributed by atoms with van der Waals surface area (Å²) in [4.78, 5) is 12.1. The zero-order valence-corrected chi connectivity index (χ0v) is 13.5. The number of fused-ring (bicyclic) bond motifs is 1. The fourth-order valence-electron chi connectivity index (χ4n) is 2.44. The summed E-state index contributed by atoms with van der Waals surface area (Å²) in [5, 5.41) is 2.32. The highest BCUT2D eigenvalue weighted by Crippen LogP contribution is 2.39. The molecule has 2 heteroatoms. The number of hydrogen-bond acceptors (Lipinski definition) is 2. The normalized spacial score (nSPS) is 13.4. The smallest absolute Gasteiger partial charge is 0.308 e. The van der Waals surface area contributed by atoms with Gasteiger partial charge in [0.25, 0.3) is 0 Å². The lowest BCUT2D eigenvalue weighted by Crippen LogP contribution is -2.26. The van der Waals surface area contributed by atoms with E-state index in [1.165, 1.54) is 5.39 Å². The molecule has 0 spiro atoms. The Hall–Kier alpha value is -1.83. The van der Waals surface area contributed by atoms with Crippen molar-refractivity contribution in [1.82, 2.24) is 0 Å². The van der Waals surface area contributed by atoms with E-state index in [-0.39, 0.29) is 23.4 Å². The van der Waals surface area contributed by atoms with Gasteiger partial charge < -0.3 is 4.74 Å². The molecule has 21 heavy (non-hydrogen) atoms. The Labute approximate surface area is 127 Å². The van der Waals surface area contributed by atoms with Crippen LogP contribution in [-0.4, -0.2) is 5.97 Å². The molecule has 0 aliphatic rings. The highest BCUT2D eigenvalue weighted by atomic mass is 16.5. The van der Waals surface area contributed by atoms with Crippen LogP contribution >= 0.6 is 0 Å². The molecule has 1 atom stereocenters. The average molecular weight is 284 g/mol. The predicted octanol–water partition coefficient (Wildman–Crippen LogP) is 5.13. The maximum Gasteiger partial charge on any atom is 0.308 e. The van der Waals surface area contributed by atoms with Crippen LogP contribution in [0.15, 0.2) is 42.5 Å². The second kappa shape index (κ2) is 5.88. The minimum absolute atomic E-state index is 0.121. The monoisotopic (exact) mass is 284 g/mol. The number of rotatable bonds is 3. The largest absolute Gasteiger partial charge is 0.457 e. The van der Waals surface area contributed by atoms with E-state index in [4.69, 9.17) is 4.74 Å². The van der Waals surface area contributed by atoms with Gasteiger partial charge in [0.15, 0.2) is 0 Å². The van der Waals surface area contributed by atoms with Crippen LogP contribution in [0.2, 0.25) is 0 Å². The van der Waals surface area contributed by atoms with Gasteiger partial charge in [-0.1, -0.05) is 77.1 Å². The van der Waals surface area contributed by atoms with Gasteiger partial charge in [0, 0.05) is 11.0 Å². The molecular weight excluding hydrogens is 260 g/mol. The Bertz CT molecular complexity index is 630. The SMILES string of the molecule is CC(C)C(=O)O[C@@H](c1cccc2ccccc12)C(C)(C)C. The maximum absolute atomic E-state index is 12.1. The minimum Gasteiger partial charge on any atom is -0.457 e. The van der Waals surface area contributed by atoms with Gasteiger partial charge in [0.1, 0.15) is 6.10 Å². The molecule has 0 unspecified atom stereocenters. The highest BCUT2D eigenvalue weighted by Gasteiger charge is 2.31. The van der Waals surface area contributed by atoms with E-state index < -0.39 is 0 Å².